The van der Waals surface area contributed by atoms with Gasteiger partial charge in [-0.05, 0) is 62.3 Å². The summed E-state index contributed by atoms with van der Waals surface area (Å²) in [7, 11) is -2.58. The van der Waals surface area contributed by atoms with Crippen LogP contribution in [0, 0.1) is 0 Å². The lowest BCUT2D eigenvalue weighted by molar-refractivity contribution is 0.0959. The molecule has 1 N–H and O–H groups in total. The van der Waals surface area contributed by atoms with Crippen LogP contribution in [0.4, 0.5) is 5.69 Å². The number of carbonyl (C=O) groups excluding carboxylic acids is 2. The summed E-state index contributed by atoms with van der Waals surface area (Å²) in [6, 6.07) is 9.60. The maximum absolute atomic E-state index is 13.3. The van der Waals surface area contributed by atoms with E-state index in [1.54, 1.807) is 12.1 Å². The molecule has 1 aliphatic rings. The highest BCUT2D eigenvalue weighted by molar-refractivity contribution is 14.2. The number of halogens is 1. The zero-order chi connectivity index (χ0) is 25.8. The van der Waals surface area contributed by atoms with E-state index in [9.17, 15) is 18.0 Å². The van der Waals surface area contributed by atoms with Gasteiger partial charge in [0.2, 0.25) is 0 Å². The molecule has 0 atom stereocenters. The Balaban J connectivity index is 1.97. The van der Waals surface area contributed by atoms with Crippen molar-refractivity contribution in [1.29, 1.82) is 0 Å². The van der Waals surface area contributed by atoms with Gasteiger partial charge in [0.1, 0.15) is 5.75 Å². The Morgan fingerprint density at radius 1 is 1.03 bits per heavy atom. The lowest BCUT2D eigenvalue weighted by Crippen LogP contribution is -2.18. The molecule has 1 aliphatic heterocycles. The standard InChI is InChI=1S/C27H30INO5S/c1-18(30)25-22(29-35(32,33)21-11-9-20(10-12-21)27(2,3)4)13-15-24(34-5)26(25)23(31)14-8-19-7-6-16-28-17-19/h6-7,9-13,15-17,29H,8,14H2,1-5H3. The van der Waals surface area contributed by atoms with E-state index >= 15 is 0 Å². The van der Waals surface area contributed by atoms with Crippen LogP contribution in [-0.2, 0) is 15.4 Å². The summed E-state index contributed by atoms with van der Waals surface area (Å²) < 4.78 is 38.5. The topological polar surface area (TPSA) is 89.5 Å². The molecule has 0 bridgehead atoms. The molecule has 0 radical (unpaired) electrons. The molecule has 0 fully saturated rings. The first-order chi connectivity index (χ1) is 16.4. The first kappa shape index (κ1) is 27.0. The van der Waals surface area contributed by atoms with Gasteiger partial charge in [-0.1, -0.05) is 65.8 Å². The lowest BCUT2D eigenvalue weighted by atomic mass is 9.87. The van der Waals surface area contributed by atoms with Gasteiger partial charge in [-0.15, -0.1) is 0 Å². The second-order valence-corrected chi connectivity index (χ2v) is 13.0. The number of allylic oxidation sites excluding steroid dienone is 3. The summed E-state index contributed by atoms with van der Waals surface area (Å²) in [6.07, 6.45) is 4.70. The van der Waals surface area contributed by atoms with Crippen LogP contribution in [0.25, 0.3) is 0 Å². The molecule has 0 saturated carbocycles. The second kappa shape index (κ2) is 11.0. The number of anilines is 1. The van der Waals surface area contributed by atoms with Crippen LogP contribution in [-0.4, -0.2) is 31.1 Å². The smallest absolute Gasteiger partial charge is 0.261 e. The summed E-state index contributed by atoms with van der Waals surface area (Å²) in [6.45, 7) is 7.45. The van der Waals surface area contributed by atoms with Crippen molar-refractivity contribution in [1.82, 2.24) is 0 Å². The van der Waals surface area contributed by atoms with E-state index < -0.39 is 15.8 Å². The predicted octanol–water partition coefficient (Wildman–Crippen LogP) is 6.19. The molecule has 0 saturated heterocycles. The van der Waals surface area contributed by atoms with Crippen LogP contribution in [0.3, 0.4) is 0 Å². The van der Waals surface area contributed by atoms with Crippen molar-refractivity contribution in [2.24, 2.45) is 0 Å². The lowest BCUT2D eigenvalue weighted by Gasteiger charge is -2.20. The average molecular weight is 608 g/mol. The molecular formula is C27H30INO5S. The highest BCUT2D eigenvalue weighted by atomic mass is 127. The molecule has 2 aromatic carbocycles. The number of sulfonamides is 1. The van der Waals surface area contributed by atoms with Crippen LogP contribution < -0.4 is 9.46 Å². The highest BCUT2D eigenvalue weighted by Crippen LogP contribution is 2.33. The Kier molecular flexibility index (Phi) is 8.48. The van der Waals surface area contributed by atoms with Crippen molar-refractivity contribution in [3.8, 4) is 5.75 Å². The minimum atomic E-state index is -4.00. The molecule has 0 aromatic heterocycles. The van der Waals surface area contributed by atoms with Crippen molar-refractivity contribution in [2.75, 3.05) is 11.8 Å². The molecule has 0 unspecified atom stereocenters. The maximum atomic E-state index is 13.3. The summed E-state index contributed by atoms with van der Waals surface area (Å²) in [5.74, 6) is -0.457. The number of nitrogens with one attached hydrogen (secondary N) is 1. The van der Waals surface area contributed by atoms with E-state index in [1.807, 2.05) is 32.9 Å². The second-order valence-electron chi connectivity index (χ2n) is 9.22. The van der Waals surface area contributed by atoms with Gasteiger partial charge in [0.05, 0.1) is 28.8 Å². The minimum absolute atomic E-state index is 0.0122. The van der Waals surface area contributed by atoms with Gasteiger partial charge in [0.15, 0.2) is 11.6 Å². The number of hydrogen-bond donors (Lipinski definition) is 1. The number of methoxy groups -OCH3 is 1. The molecule has 3 rings (SSSR count). The van der Waals surface area contributed by atoms with E-state index in [-0.39, 0.29) is 65.8 Å². The Hall–Kier alpha value is -2.59. The third kappa shape index (κ3) is 6.55. The van der Waals surface area contributed by atoms with Gasteiger partial charge in [0, 0.05) is 6.42 Å². The molecular weight excluding hydrogens is 577 g/mol. The van der Waals surface area contributed by atoms with Crippen LogP contribution >= 0.6 is 20.7 Å². The van der Waals surface area contributed by atoms with Crippen molar-refractivity contribution in [2.45, 2.75) is 50.8 Å². The first-order valence-electron chi connectivity index (χ1n) is 11.1. The fraction of sp³-hybridized carbons (Fsp3) is 0.296. The number of carbonyl (C=O) groups is 2. The quantitative estimate of drug-likeness (QED) is 0.272. The molecule has 0 amide bonds. The molecule has 1 heterocycles. The highest BCUT2D eigenvalue weighted by Gasteiger charge is 2.26. The Morgan fingerprint density at radius 3 is 2.26 bits per heavy atom. The summed E-state index contributed by atoms with van der Waals surface area (Å²) >= 11 is -0.133. The van der Waals surface area contributed by atoms with E-state index in [2.05, 4.69) is 12.8 Å². The van der Waals surface area contributed by atoms with Gasteiger partial charge in [-0.2, -0.15) is 0 Å². The fourth-order valence-electron chi connectivity index (χ4n) is 3.70. The van der Waals surface area contributed by atoms with Gasteiger partial charge in [-0.25, -0.2) is 8.42 Å². The normalized spacial score (nSPS) is 13.6. The molecule has 35 heavy (non-hydrogen) atoms. The Labute approximate surface area is 217 Å². The SMILES string of the molecule is COc1ccc(NS(=O)(=O)c2ccc(C(C)(C)C)cc2)c(C(C)=O)c1C(=O)CCC1=CI=CC=C1. The summed E-state index contributed by atoms with van der Waals surface area (Å²) in [5.41, 5.74) is 2.14. The summed E-state index contributed by atoms with van der Waals surface area (Å²) in [4.78, 5) is 26.0. The van der Waals surface area contributed by atoms with E-state index in [1.165, 1.54) is 38.3 Å². The number of Topliss-reactive ketones (excluding diaryl/α,β-unsaturated/α-hetero) is 2. The largest absolute Gasteiger partial charge is 0.496 e. The number of ether oxygens (including phenoxy) is 1. The third-order valence-electron chi connectivity index (χ3n) is 5.59. The van der Waals surface area contributed by atoms with Crippen molar-refractivity contribution >= 4 is 52.0 Å². The van der Waals surface area contributed by atoms with Crippen LogP contribution in [0.5, 0.6) is 5.75 Å². The van der Waals surface area contributed by atoms with Crippen LogP contribution in [0.15, 0.2) is 63.1 Å². The molecule has 6 nitrogen and oxygen atoms in total. The van der Waals surface area contributed by atoms with Gasteiger partial charge < -0.3 is 4.74 Å². The van der Waals surface area contributed by atoms with Gasteiger partial charge in [-0.3, -0.25) is 14.3 Å². The Bertz CT molecular complexity index is 1330. The van der Waals surface area contributed by atoms with Crippen LogP contribution in [0.1, 0.15) is 66.8 Å². The van der Waals surface area contributed by atoms with Gasteiger partial charge >= 0.3 is 0 Å². The number of rotatable bonds is 9. The van der Waals surface area contributed by atoms with Gasteiger partial charge in [0.25, 0.3) is 10.0 Å². The van der Waals surface area contributed by atoms with E-state index in [0.29, 0.717) is 6.42 Å². The molecule has 0 spiro atoms. The fourth-order valence-corrected chi connectivity index (χ4v) is 6.40. The number of benzene rings is 2. The molecule has 8 heteroatoms. The Morgan fingerprint density at radius 2 is 1.71 bits per heavy atom. The third-order valence-corrected chi connectivity index (χ3v) is 8.96. The number of ketones is 2. The summed E-state index contributed by atoms with van der Waals surface area (Å²) in [5, 5.41) is 0. The molecule has 2 aromatic rings. The first-order valence-corrected chi connectivity index (χ1v) is 15.1. The predicted molar refractivity (Wildman–Crippen MR) is 150 cm³/mol. The monoisotopic (exact) mass is 607 g/mol. The zero-order valence-electron chi connectivity index (χ0n) is 20.5. The van der Waals surface area contributed by atoms with E-state index in [4.69, 9.17) is 4.74 Å². The van der Waals surface area contributed by atoms with Crippen molar-refractivity contribution < 1.29 is 22.7 Å². The van der Waals surface area contributed by atoms with E-state index in [0.717, 1.165) is 11.1 Å². The molecule has 0 aliphatic carbocycles. The van der Waals surface area contributed by atoms with Crippen LogP contribution in [0.2, 0.25) is 0 Å². The number of hydrogen-bond acceptors (Lipinski definition) is 5. The molecule has 186 valence electrons. The average Bonchev–Trinajstić information content (AvgIpc) is 2.82. The van der Waals surface area contributed by atoms with Crippen molar-refractivity contribution in [3.63, 3.8) is 0 Å². The zero-order valence-corrected chi connectivity index (χ0v) is 23.5. The minimum Gasteiger partial charge on any atom is -0.496 e. The van der Waals surface area contributed by atoms with Crippen molar-refractivity contribution in [3.05, 3.63) is 74.9 Å². The maximum Gasteiger partial charge on any atom is 0.261 e.